The normalized spacial score (nSPS) is 8.14. The summed E-state index contributed by atoms with van der Waals surface area (Å²) >= 11 is 0. The van der Waals surface area contributed by atoms with Gasteiger partial charge in [0.15, 0.2) is 0 Å². The lowest BCUT2D eigenvalue weighted by Gasteiger charge is -1.87. The van der Waals surface area contributed by atoms with E-state index >= 15 is 0 Å². The van der Waals surface area contributed by atoms with Gasteiger partial charge in [-0.1, -0.05) is 18.2 Å². The third-order valence-electron chi connectivity index (χ3n) is 1.04. The molecule has 0 atom stereocenters. The highest BCUT2D eigenvalue weighted by atomic mass is 16.6. The first-order valence-corrected chi connectivity index (χ1v) is 3.95. The Balaban J connectivity index is 0.000000241. The van der Waals surface area contributed by atoms with Crippen LogP contribution in [0.4, 0.5) is 0 Å². The number of phenolic OH excluding ortho intramolecular Hbond substituents is 1. The van der Waals surface area contributed by atoms with Crippen LogP contribution in [0.15, 0.2) is 30.3 Å². The number of para-hydroxylation sites is 1. The van der Waals surface area contributed by atoms with Gasteiger partial charge < -0.3 is 9.84 Å². The molecule has 0 aliphatic heterocycles. The van der Waals surface area contributed by atoms with Gasteiger partial charge in [0.25, 0.3) is 0 Å². The number of aromatic hydroxyl groups is 1. The molecule has 0 spiro atoms. The van der Waals surface area contributed by atoms with Gasteiger partial charge >= 0.3 is 11.9 Å². The number of hydrogen-bond donors (Lipinski definition) is 1. The first-order valence-electron chi connectivity index (χ1n) is 3.95. The molecule has 0 saturated carbocycles. The highest BCUT2D eigenvalue weighted by Gasteiger charge is 1.93. The molecule has 0 fully saturated rings. The Kier molecular flexibility index (Phi) is 5.78. The van der Waals surface area contributed by atoms with Crippen molar-refractivity contribution in [1.82, 2.24) is 0 Å². The molecular weight excluding hydrogens is 184 g/mol. The maximum atomic E-state index is 9.81. The molecule has 0 aromatic heterocycles. The summed E-state index contributed by atoms with van der Waals surface area (Å²) < 4.78 is 3.97. The number of phenols is 1. The van der Waals surface area contributed by atoms with Crippen LogP contribution in [0.5, 0.6) is 5.75 Å². The lowest BCUT2D eigenvalue weighted by atomic mass is 10.3. The topological polar surface area (TPSA) is 63.6 Å². The Bertz CT molecular complexity index is 280. The van der Waals surface area contributed by atoms with E-state index in [9.17, 15) is 9.59 Å². The van der Waals surface area contributed by atoms with E-state index in [1.807, 2.05) is 6.07 Å². The first kappa shape index (κ1) is 12.2. The van der Waals surface area contributed by atoms with Crippen molar-refractivity contribution in [3.8, 4) is 5.75 Å². The fraction of sp³-hybridized carbons (Fsp3) is 0.200. The third kappa shape index (κ3) is 8.26. The van der Waals surface area contributed by atoms with Gasteiger partial charge in [-0.15, -0.1) is 0 Å². The van der Waals surface area contributed by atoms with Crippen molar-refractivity contribution in [2.45, 2.75) is 13.8 Å². The Morgan fingerprint density at radius 2 is 1.50 bits per heavy atom. The smallest absolute Gasteiger partial charge is 0.310 e. The van der Waals surface area contributed by atoms with Crippen molar-refractivity contribution in [2.24, 2.45) is 0 Å². The molecule has 0 aliphatic carbocycles. The number of carbonyl (C=O) groups excluding carboxylic acids is 2. The summed E-state index contributed by atoms with van der Waals surface area (Å²) in [6, 6.07) is 8.71. The van der Waals surface area contributed by atoms with E-state index < -0.39 is 11.9 Å². The molecule has 0 radical (unpaired) electrons. The van der Waals surface area contributed by atoms with Crippen LogP contribution >= 0.6 is 0 Å². The van der Waals surface area contributed by atoms with Crippen molar-refractivity contribution in [3.63, 3.8) is 0 Å². The predicted octanol–water partition coefficient (Wildman–Crippen LogP) is 1.49. The Morgan fingerprint density at radius 1 is 1.07 bits per heavy atom. The summed E-state index contributed by atoms with van der Waals surface area (Å²) in [5, 5.41) is 8.63. The van der Waals surface area contributed by atoms with Crippen LogP contribution in [0.3, 0.4) is 0 Å². The van der Waals surface area contributed by atoms with Gasteiger partial charge in [0.05, 0.1) is 0 Å². The molecule has 1 N–H and O–H groups in total. The fourth-order valence-electron chi connectivity index (χ4n) is 0.630. The van der Waals surface area contributed by atoms with E-state index in [1.165, 1.54) is 13.8 Å². The van der Waals surface area contributed by atoms with Gasteiger partial charge in [0, 0.05) is 13.8 Å². The van der Waals surface area contributed by atoms with E-state index in [1.54, 1.807) is 24.3 Å². The van der Waals surface area contributed by atoms with Crippen LogP contribution in [0, 0.1) is 0 Å². The molecule has 0 bridgehead atoms. The highest BCUT2D eigenvalue weighted by Crippen LogP contribution is 2.02. The SMILES string of the molecule is CC(=O)OC(C)=O.Oc1ccccc1. The molecule has 1 aromatic carbocycles. The number of esters is 2. The monoisotopic (exact) mass is 196 g/mol. The van der Waals surface area contributed by atoms with Crippen molar-refractivity contribution in [1.29, 1.82) is 0 Å². The molecule has 1 rings (SSSR count). The molecule has 1 aromatic rings. The molecule has 4 nitrogen and oxygen atoms in total. The van der Waals surface area contributed by atoms with Crippen LogP contribution in [0.2, 0.25) is 0 Å². The highest BCUT2D eigenvalue weighted by molar-refractivity contribution is 5.82. The van der Waals surface area contributed by atoms with Crippen LogP contribution in [-0.2, 0) is 14.3 Å². The number of rotatable bonds is 0. The molecule has 14 heavy (non-hydrogen) atoms. The second-order valence-corrected chi connectivity index (χ2v) is 2.42. The van der Waals surface area contributed by atoms with E-state index in [-0.39, 0.29) is 0 Å². The minimum Gasteiger partial charge on any atom is -0.508 e. The first-order chi connectivity index (χ1) is 6.52. The van der Waals surface area contributed by atoms with Crippen molar-refractivity contribution in [3.05, 3.63) is 30.3 Å². The summed E-state index contributed by atoms with van der Waals surface area (Å²) in [5.41, 5.74) is 0. The van der Waals surface area contributed by atoms with Gasteiger partial charge in [0.2, 0.25) is 0 Å². The van der Waals surface area contributed by atoms with Gasteiger partial charge in [-0.3, -0.25) is 9.59 Å². The van der Waals surface area contributed by atoms with Gasteiger partial charge in [0.1, 0.15) is 5.75 Å². The maximum Gasteiger partial charge on any atom is 0.310 e. The molecule has 76 valence electrons. The molecule has 0 unspecified atom stereocenters. The minimum atomic E-state index is -0.562. The third-order valence-corrected chi connectivity index (χ3v) is 1.04. The quantitative estimate of drug-likeness (QED) is 0.504. The average Bonchev–Trinajstić information content (AvgIpc) is 2.03. The van der Waals surface area contributed by atoms with E-state index in [4.69, 9.17) is 5.11 Å². The van der Waals surface area contributed by atoms with Crippen LogP contribution < -0.4 is 0 Å². The van der Waals surface area contributed by atoms with Crippen molar-refractivity contribution in [2.75, 3.05) is 0 Å². The summed E-state index contributed by atoms with van der Waals surface area (Å²) in [6.45, 7) is 2.36. The molecule has 0 saturated heterocycles. The summed E-state index contributed by atoms with van der Waals surface area (Å²) in [5.74, 6) is -0.803. The molecule has 0 aliphatic rings. The zero-order valence-corrected chi connectivity index (χ0v) is 8.06. The van der Waals surface area contributed by atoms with Gasteiger partial charge in [-0.2, -0.15) is 0 Å². The molecule has 0 heterocycles. The zero-order chi connectivity index (χ0) is 11.0. The molecule has 4 heteroatoms. The molecular formula is C10H12O4. The van der Waals surface area contributed by atoms with Gasteiger partial charge in [-0.05, 0) is 12.1 Å². The summed E-state index contributed by atoms with van der Waals surface area (Å²) in [7, 11) is 0. The van der Waals surface area contributed by atoms with Gasteiger partial charge in [-0.25, -0.2) is 0 Å². The predicted molar refractivity (Wildman–Crippen MR) is 50.6 cm³/mol. The van der Waals surface area contributed by atoms with Crippen LogP contribution in [0.25, 0.3) is 0 Å². The largest absolute Gasteiger partial charge is 0.508 e. The van der Waals surface area contributed by atoms with E-state index in [0.717, 1.165) is 0 Å². The summed E-state index contributed by atoms with van der Waals surface area (Å²) in [6.07, 6.45) is 0. The number of benzene rings is 1. The van der Waals surface area contributed by atoms with E-state index in [2.05, 4.69) is 4.74 Å². The average molecular weight is 196 g/mol. The maximum absolute atomic E-state index is 9.81. The van der Waals surface area contributed by atoms with Crippen molar-refractivity contribution >= 4 is 11.9 Å². The second kappa shape index (κ2) is 6.65. The second-order valence-electron chi connectivity index (χ2n) is 2.42. The van der Waals surface area contributed by atoms with Crippen LogP contribution in [0.1, 0.15) is 13.8 Å². The zero-order valence-electron chi connectivity index (χ0n) is 8.06. The van der Waals surface area contributed by atoms with Crippen LogP contribution in [-0.4, -0.2) is 17.0 Å². The number of ether oxygens (including phenoxy) is 1. The molecule has 0 amide bonds. The lowest BCUT2D eigenvalue weighted by molar-refractivity contribution is -0.156. The minimum absolute atomic E-state index is 0.322. The summed E-state index contributed by atoms with van der Waals surface area (Å²) in [4.78, 5) is 19.6. The number of carbonyl (C=O) groups is 2. The Hall–Kier alpha value is -1.84. The standard InChI is InChI=1S/C6H6O.C4H6O3/c7-6-4-2-1-3-5-6;1-3(5)7-4(2)6/h1-5,7H;1-2H3. The Morgan fingerprint density at radius 3 is 1.64 bits per heavy atom. The number of hydrogen-bond acceptors (Lipinski definition) is 4. The lowest BCUT2D eigenvalue weighted by Crippen LogP contribution is -2.03. The fourth-order valence-corrected chi connectivity index (χ4v) is 0.630. The van der Waals surface area contributed by atoms with E-state index in [0.29, 0.717) is 5.75 Å². The van der Waals surface area contributed by atoms with Crippen molar-refractivity contribution < 1.29 is 19.4 Å². The Labute approximate surface area is 82.1 Å².